The van der Waals surface area contributed by atoms with Gasteiger partial charge in [0.15, 0.2) is 4.93 Å². The molecule has 1 atom stereocenters. The van der Waals surface area contributed by atoms with Crippen molar-refractivity contribution < 1.29 is 4.84 Å². The Balaban J connectivity index is 2.55. The van der Waals surface area contributed by atoms with Gasteiger partial charge in [0.25, 0.3) is 0 Å². The maximum absolute atomic E-state index is 4.90. The Morgan fingerprint density at radius 3 is 2.62 bits per heavy atom. The zero-order chi connectivity index (χ0) is 6.20. The van der Waals surface area contributed by atoms with Gasteiger partial charge in [-0.25, -0.2) is 0 Å². The van der Waals surface area contributed by atoms with E-state index in [1.165, 1.54) is 0 Å². The molecule has 0 N–H and O–H groups in total. The van der Waals surface area contributed by atoms with Gasteiger partial charge < -0.3 is 4.84 Å². The SMILES string of the molecule is CC1=NOC(C)(S)C1. The van der Waals surface area contributed by atoms with Gasteiger partial charge in [-0.2, -0.15) is 0 Å². The summed E-state index contributed by atoms with van der Waals surface area (Å²) in [5.74, 6) is 0. The summed E-state index contributed by atoms with van der Waals surface area (Å²) in [6.07, 6.45) is 0.829. The lowest BCUT2D eigenvalue weighted by atomic mass is 10.2. The summed E-state index contributed by atoms with van der Waals surface area (Å²) < 4.78 is 0. The van der Waals surface area contributed by atoms with E-state index in [1.807, 2.05) is 13.8 Å². The average Bonchev–Trinajstić information content (AvgIpc) is 1.82. The third kappa shape index (κ3) is 1.15. The summed E-state index contributed by atoms with van der Waals surface area (Å²) in [6, 6.07) is 0. The predicted molar refractivity (Wildman–Crippen MR) is 36.2 cm³/mol. The largest absolute Gasteiger partial charge is 0.378 e. The summed E-state index contributed by atoms with van der Waals surface area (Å²) in [5.41, 5.74) is 1.02. The van der Waals surface area contributed by atoms with Crippen LogP contribution in [0.2, 0.25) is 0 Å². The molecule has 1 rings (SSSR count). The molecular weight excluding hydrogens is 122 g/mol. The minimum absolute atomic E-state index is 0.343. The van der Waals surface area contributed by atoms with Crippen LogP contribution in [0.4, 0.5) is 0 Å². The Morgan fingerprint density at radius 1 is 1.88 bits per heavy atom. The van der Waals surface area contributed by atoms with Crippen LogP contribution in [-0.4, -0.2) is 10.6 Å². The third-order valence-corrected chi connectivity index (χ3v) is 1.22. The highest BCUT2D eigenvalue weighted by molar-refractivity contribution is 7.81. The lowest BCUT2D eigenvalue weighted by Crippen LogP contribution is -2.14. The summed E-state index contributed by atoms with van der Waals surface area (Å²) >= 11 is 4.17. The number of oxime groups is 1. The molecule has 0 amide bonds. The molecule has 0 saturated heterocycles. The minimum atomic E-state index is -0.343. The van der Waals surface area contributed by atoms with E-state index in [2.05, 4.69) is 17.8 Å². The smallest absolute Gasteiger partial charge is 0.182 e. The van der Waals surface area contributed by atoms with Gasteiger partial charge in [0.1, 0.15) is 0 Å². The first kappa shape index (κ1) is 5.95. The van der Waals surface area contributed by atoms with E-state index in [0.717, 1.165) is 12.1 Å². The average molecular weight is 131 g/mol. The number of nitrogens with zero attached hydrogens (tertiary/aromatic N) is 1. The zero-order valence-corrected chi connectivity index (χ0v) is 5.90. The van der Waals surface area contributed by atoms with E-state index in [9.17, 15) is 0 Å². The van der Waals surface area contributed by atoms with Crippen LogP contribution in [0.5, 0.6) is 0 Å². The predicted octanol–water partition coefficient (Wildman–Crippen LogP) is 1.43. The standard InChI is InChI=1S/C5H9NOS/c1-4-3-5(2,8)7-6-4/h8H,3H2,1-2H3. The van der Waals surface area contributed by atoms with Gasteiger partial charge in [0, 0.05) is 6.42 Å². The highest BCUT2D eigenvalue weighted by Crippen LogP contribution is 2.26. The Morgan fingerprint density at radius 2 is 2.50 bits per heavy atom. The molecule has 1 unspecified atom stereocenters. The molecule has 3 heteroatoms. The second-order valence-electron chi connectivity index (χ2n) is 2.27. The first-order valence-corrected chi connectivity index (χ1v) is 2.99. The molecule has 0 aliphatic carbocycles. The summed E-state index contributed by atoms with van der Waals surface area (Å²) in [6.45, 7) is 3.83. The Bertz CT molecular complexity index is 130. The van der Waals surface area contributed by atoms with E-state index < -0.39 is 0 Å². The van der Waals surface area contributed by atoms with Crippen molar-refractivity contribution in [3.8, 4) is 0 Å². The van der Waals surface area contributed by atoms with Crippen LogP contribution in [0.3, 0.4) is 0 Å². The molecule has 2 nitrogen and oxygen atoms in total. The molecule has 1 aliphatic heterocycles. The molecule has 0 aromatic rings. The van der Waals surface area contributed by atoms with Gasteiger partial charge >= 0.3 is 0 Å². The van der Waals surface area contributed by atoms with Crippen LogP contribution in [0.15, 0.2) is 5.16 Å². The quantitative estimate of drug-likeness (QED) is 0.493. The van der Waals surface area contributed by atoms with Crippen molar-refractivity contribution >= 4 is 18.3 Å². The first-order valence-electron chi connectivity index (χ1n) is 2.54. The molecule has 0 bridgehead atoms. The topological polar surface area (TPSA) is 21.6 Å². The lowest BCUT2D eigenvalue weighted by molar-refractivity contribution is 0.0731. The fraction of sp³-hybridized carbons (Fsp3) is 0.800. The summed E-state index contributed by atoms with van der Waals surface area (Å²) in [5, 5.41) is 3.73. The van der Waals surface area contributed by atoms with E-state index >= 15 is 0 Å². The van der Waals surface area contributed by atoms with Crippen LogP contribution in [0, 0.1) is 0 Å². The monoisotopic (exact) mass is 131 g/mol. The maximum atomic E-state index is 4.90. The number of hydrogen-bond donors (Lipinski definition) is 1. The van der Waals surface area contributed by atoms with Crippen LogP contribution >= 0.6 is 12.6 Å². The van der Waals surface area contributed by atoms with Gasteiger partial charge in [-0.3, -0.25) is 0 Å². The zero-order valence-electron chi connectivity index (χ0n) is 5.01. The molecule has 8 heavy (non-hydrogen) atoms. The van der Waals surface area contributed by atoms with E-state index in [1.54, 1.807) is 0 Å². The van der Waals surface area contributed by atoms with Crippen molar-refractivity contribution in [1.82, 2.24) is 0 Å². The van der Waals surface area contributed by atoms with Gasteiger partial charge in [-0.15, -0.1) is 12.6 Å². The first-order chi connectivity index (χ1) is 3.60. The van der Waals surface area contributed by atoms with Gasteiger partial charge in [-0.05, 0) is 13.8 Å². The molecule has 1 aliphatic rings. The molecule has 0 aromatic heterocycles. The van der Waals surface area contributed by atoms with Crippen molar-refractivity contribution in [2.45, 2.75) is 25.2 Å². The van der Waals surface area contributed by atoms with Crippen LogP contribution in [0.25, 0.3) is 0 Å². The number of rotatable bonds is 0. The summed E-state index contributed by atoms with van der Waals surface area (Å²) in [7, 11) is 0. The molecule has 0 spiro atoms. The van der Waals surface area contributed by atoms with Crippen molar-refractivity contribution in [2.24, 2.45) is 5.16 Å². The fourth-order valence-corrected chi connectivity index (χ4v) is 0.985. The summed E-state index contributed by atoms with van der Waals surface area (Å²) in [4.78, 5) is 4.56. The molecule has 46 valence electrons. The number of hydrogen-bond acceptors (Lipinski definition) is 3. The second kappa shape index (κ2) is 1.65. The number of thiol groups is 1. The van der Waals surface area contributed by atoms with Gasteiger partial charge in [0.05, 0.1) is 5.71 Å². The lowest BCUT2D eigenvalue weighted by Gasteiger charge is -2.11. The molecule has 1 heterocycles. The van der Waals surface area contributed by atoms with Crippen molar-refractivity contribution in [3.63, 3.8) is 0 Å². The Labute approximate surface area is 54.3 Å². The van der Waals surface area contributed by atoms with Crippen molar-refractivity contribution in [3.05, 3.63) is 0 Å². The fourth-order valence-electron chi connectivity index (χ4n) is 0.715. The molecule has 0 saturated carbocycles. The van der Waals surface area contributed by atoms with Crippen molar-refractivity contribution in [2.75, 3.05) is 0 Å². The molecule has 0 radical (unpaired) electrons. The molecule has 0 aromatic carbocycles. The minimum Gasteiger partial charge on any atom is -0.378 e. The van der Waals surface area contributed by atoms with Crippen LogP contribution < -0.4 is 0 Å². The molecule has 0 fully saturated rings. The highest BCUT2D eigenvalue weighted by Gasteiger charge is 2.27. The van der Waals surface area contributed by atoms with E-state index in [4.69, 9.17) is 4.84 Å². The van der Waals surface area contributed by atoms with Crippen LogP contribution in [0.1, 0.15) is 20.3 Å². The Hall–Kier alpha value is -0.180. The van der Waals surface area contributed by atoms with E-state index in [0.29, 0.717) is 0 Å². The maximum Gasteiger partial charge on any atom is 0.182 e. The van der Waals surface area contributed by atoms with Gasteiger partial charge in [-0.1, -0.05) is 5.16 Å². The normalized spacial score (nSPS) is 36.6. The third-order valence-electron chi connectivity index (χ3n) is 0.982. The van der Waals surface area contributed by atoms with E-state index in [-0.39, 0.29) is 4.93 Å². The van der Waals surface area contributed by atoms with Crippen molar-refractivity contribution in [1.29, 1.82) is 0 Å². The molecular formula is C5H9NOS. The Kier molecular flexibility index (Phi) is 1.23. The van der Waals surface area contributed by atoms with Crippen LogP contribution in [-0.2, 0) is 4.84 Å². The highest BCUT2D eigenvalue weighted by atomic mass is 32.1. The van der Waals surface area contributed by atoms with Gasteiger partial charge in [0.2, 0.25) is 0 Å². The second-order valence-corrected chi connectivity index (χ2v) is 3.22.